The lowest BCUT2D eigenvalue weighted by Crippen LogP contribution is -2.21. The van der Waals surface area contributed by atoms with Crippen molar-refractivity contribution in [3.63, 3.8) is 0 Å². The van der Waals surface area contributed by atoms with Crippen molar-refractivity contribution in [3.05, 3.63) is 71.4 Å². The number of rotatable bonds is 9. The predicted octanol–water partition coefficient (Wildman–Crippen LogP) is 4.37. The molecule has 0 aliphatic carbocycles. The van der Waals surface area contributed by atoms with Crippen LogP contribution in [0.15, 0.2) is 55.3 Å². The third-order valence-electron chi connectivity index (χ3n) is 5.80. The van der Waals surface area contributed by atoms with E-state index < -0.39 is 0 Å². The molecule has 1 fully saturated rings. The second-order valence-electron chi connectivity index (χ2n) is 8.24. The number of nitrogens with zero attached hydrogens (tertiary/aromatic N) is 4. The van der Waals surface area contributed by atoms with Gasteiger partial charge in [0, 0.05) is 30.9 Å². The van der Waals surface area contributed by atoms with E-state index in [0.29, 0.717) is 47.0 Å². The number of halogens is 1. The molecular weight excluding hydrogens is 480 g/mol. The van der Waals surface area contributed by atoms with Crippen LogP contribution >= 0.6 is 11.6 Å². The van der Waals surface area contributed by atoms with Gasteiger partial charge < -0.3 is 25.4 Å². The molecule has 0 radical (unpaired) electrons. The number of ether oxygens (including phenoxy) is 1. The molecular formula is C26H25ClN6O3. The quantitative estimate of drug-likeness (QED) is 0.364. The number of benzene rings is 2. The summed E-state index contributed by atoms with van der Waals surface area (Å²) in [4.78, 5) is 22.8. The van der Waals surface area contributed by atoms with Gasteiger partial charge in [0.2, 0.25) is 5.95 Å². The number of ketones is 1. The summed E-state index contributed by atoms with van der Waals surface area (Å²) >= 11 is 6.36. The van der Waals surface area contributed by atoms with Crippen LogP contribution in [0.1, 0.15) is 17.5 Å². The lowest BCUT2D eigenvalue weighted by molar-refractivity contribution is -0.114. The number of allylic oxidation sites excluding steroid dienone is 1. The first-order valence-corrected chi connectivity index (χ1v) is 11.6. The van der Waals surface area contributed by atoms with Crippen LogP contribution in [0.3, 0.4) is 0 Å². The van der Waals surface area contributed by atoms with Crippen LogP contribution in [-0.4, -0.2) is 47.2 Å². The first kappa shape index (κ1) is 25.0. The van der Waals surface area contributed by atoms with Crippen molar-refractivity contribution in [1.82, 2.24) is 9.97 Å². The normalized spacial score (nSPS) is 14.7. The van der Waals surface area contributed by atoms with E-state index in [4.69, 9.17) is 16.3 Å². The number of aliphatic hydroxyl groups excluding tert-OH is 1. The summed E-state index contributed by atoms with van der Waals surface area (Å²) in [6.45, 7) is 4.81. The number of anilines is 5. The maximum Gasteiger partial charge on any atom is 0.229 e. The van der Waals surface area contributed by atoms with Crippen LogP contribution < -0.4 is 20.3 Å². The zero-order chi connectivity index (χ0) is 25.7. The number of aliphatic hydroxyl groups is 1. The van der Waals surface area contributed by atoms with Crippen LogP contribution in [0.2, 0.25) is 5.02 Å². The summed E-state index contributed by atoms with van der Waals surface area (Å²) in [6, 6.07) is 12.9. The average molecular weight is 505 g/mol. The van der Waals surface area contributed by atoms with Gasteiger partial charge in [0.05, 0.1) is 30.7 Å². The Labute approximate surface area is 214 Å². The molecule has 0 bridgehead atoms. The molecule has 1 aromatic heterocycles. The highest BCUT2D eigenvalue weighted by Crippen LogP contribution is 2.31. The number of hydrogen-bond donors (Lipinski definition) is 3. The van der Waals surface area contributed by atoms with Gasteiger partial charge >= 0.3 is 0 Å². The Morgan fingerprint density at radius 1 is 1.33 bits per heavy atom. The number of carbonyl (C=O) groups is 1. The highest BCUT2D eigenvalue weighted by molar-refractivity contribution is 6.33. The lowest BCUT2D eigenvalue weighted by atomic mass is 10.1. The zero-order valence-corrected chi connectivity index (χ0v) is 20.4. The van der Waals surface area contributed by atoms with E-state index in [0.717, 1.165) is 12.2 Å². The fourth-order valence-electron chi connectivity index (χ4n) is 3.89. The van der Waals surface area contributed by atoms with Crippen molar-refractivity contribution in [2.75, 3.05) is 35.7 Å². The van der Waals surface area contributed by atoms with Gasteiger partial charge in [-0.3, -0.25) is 4.79 Å². The maximum absolute atomic E-state index is 12.0. The van der Waals surface area contributed by atoms with Crippen molar-refractivity contribution in [2.24, 2.45) is 0 Å². The fourth-order valence-corrected chi connectivity index (χ4v) is 4.03. The summed E-state index contributed by atoms with van der Waals surface area (Å²) in [5, 5.41) is 26.0. The maximum atomic E-state index is 12.0. The van der Waals surface area contributed by atoms with Crippen molar-refractivity contribution < 1.29 is 14.6 Å². The van der Waals surface area contributed by atoms with Gasteiger partial charge in [-0.25, -0.2) is 4.98 Å². The highest BCUT2D eigenvalue weighted by Gasteiger charge is 2.21. The second-order valence-corrected chi connectivity index (χ2v) is 8.65. The third kappa shape index (κ3) is 5.74. The third-order valence-corrected chi connectivity index (χ3v) is 6.08. The number of hydrogen-bond acceptors (Lipinski definition) is 9. The average Bonchev–Trinajstić information content (AvgIpc) is 3.33. The molecule has 3 N–H and O–H groups in total. The summed E-state index contributed by atoms with van der Waals surface area (Å²) in [5.74, 6) is 1.03. The van der Waals surface area contributed by atoms with Gasteiger partial charge in [-0.1, -0.05) is 18.2 Å². The van der Waals surface area contributed by atoms with Crippen LogP contribution in [-0.2, 0) is 11.2 Å². The second kappa shape index (κ2) is 11.1. The Morgan fingerprint density at radius 2 is 2.14 bits per heavy atom. The van der Waals surface area contributed by atoms with E-state index in [-0.39, 0.29) is 29.3 Å². The SMILES string of the molecule is C=CC(=O)Cc1cc(OC)ccc1Nc1nc(Nc2ccc(N3CC[C@H](O)C3)cc2C#N)ncc1Cl. The molecule has 9 nitrogen and oxygen atoms in total. The van der Waals surface area contributed by atoms with Crippen LogP contribution in [0.4, 0.5) is 28.8 Å². The first-order valence-electron chi connectivity index (χ1n) is 11.3. The topological polar surface area (TPSA) is 123 Å². The molecule has 0 spiro atoms. The van der Waals surface area contributed by atoms with E-state index >= 15 is 0 Å². The smallest absolute Gasteiger partial charge is 0.229 e. The van der Waals surface area contributed by atoms with E-state index in [1.165, 1.54) is 12.3 Å². The lowest BCUT2D eigenvalue weighted by Gasteiger charge is -2.19. The van der Waals surface area contributed by atoms with E-state index in [2.05, 4.69) is 33.2 Å². The first-order chi connectivity index (χ1) is 17.4. The van der Waals surface area contributed by atoms with Gasteiger partial charge in [0.1, 0.15) is 16.8 Å². The summed E-state index contributed by atoms with van der Waals surface area (Å²) in [6.07, 6.45) is 3.19. The molecule has 184 valence electrons. The van der Waals surface area contributed by atoms with Crippen molar-refractivity contribution >= 4 is 46.2 Å². The van der Waals surface area contributed by atoms with Gasteiger partial charge in [-0.2, -0.15) is 10.2 Å². The number of aromatic nitrogens is 2. The number of methoxy groups -OCH3 is 1. The largest absolute Gasteiger partial charge is 0.497 e. The predicted molar refractivity (Wildman–Crippen MR) is 140 cm³/mol. The van der Waals surface area contributed by atoms with Gasteiger partial charge in [-0.05, 0) is 54.5 Å². The van der Waals surface area contributed by atoms with Gasteiger partial charge in [0.15, 0.2) is 11.6 Å². The molecule has 1 aliphatic heterocycles. The Bertz CT molecular complexity index is 1340. The zero-order valence-electron chi connectivity index (χ0n) is 19.7. The Kier molecular flexibility index (Phi) is 7.68. The van der Waals surface area contributed by atoms with E-state index in [1.54, 1.807) is 37.4 Å². The summed E-state index contributed by atoms with van der Waals surface area (Å²) in [5.41, 5.74) is 3.15. The molecule has 36 heavy (non-hydrogen) atoms. The van der Waals surface area contributed by atoms with Crippen molar-refractivity contribution in [3.8, 4) is 11.8 Å². The number of β-amino-alcohol motifs (C(OH)–C–C–N with tert-alkyl or cyclic N) is 1. The summed E-state index contributed by atoms with van der Waals surface area (Å²) < 4.78 is 5.28. The van der Waals surface area contributed by atoms with Crippen LogP contribution in [0.5, 0.6) is 5.75 Å². The monoisotopic (exact) mass is 504 g/mol. The molecule has 10 heteroatoms. The summed E-state index contributed by atoms with van der Waals surface area (Å²) in [7, 11) is 1.55. The number of nitrogens with one attached hydrogen (secondary N) is 2. The Hall–Kier alpha value is -4.13. The molecule has 1 aliphatic rings. The van der Waals surface area contributed by atoms with E-state index in [1.807, 2.05) is 11.0 Å². The molecule has 0 unspecified atom stereocenters. The number of carbonyl (C=O) groups excluding carboxylic acids is 1. The van der Waals surface area contributed by atoms with Crippen molar-refractivity contribution in [2.45, 2.75) is 18.9 Å². The minimum Gasteiger partial charge on any atom is -0.497 e. The molecule has 1 atom stereocenters. The minimum absolute atomic E-state index is 0.128. The molecule has 0 saturated carbocycles. The van der Waals surface area contributed by atoms with E-state index in [9.17, 15) is 15.2 Å². The molecule has 2 aromatic carbocycles. The standard InChI is InChI=1S/C26H25ClN6O3/c1-3-19(34)11-16-12-21(36-2)5-7-23(16)30-25-22(27)14-29-26(32-25)31-24-6-4-18(10-17(24)13-28)33-9-8-20(35)15-33/h3-7,10,12,14,20,35H,1,8-9,11,15H2,2H3,(H2,29,30,31,32)/t20-/m0/s1. The molecule has 4 rings (SSSR count). The molecule has 3 aromatic rings. The molecule has 2 heterocycles. The molecule has 1 saturated heterocycles. The minimum atomic E-state index is -0.358. The number of nitriles is 1. The van der Waals surface area contributed by atoms with Gasteiger partial charge in [-0.15, -0.1) is 0 Å². The van der Waals surface area contributed by atoms with Gasteiger partial charge in [0.25, 0.3) is 0 Å². The Morgan fingerprint density at radius 3 is 2.83 bits per heavy atom. The van der Waals surface area contributed by atoms with Crippen molar-refractivity contribution in [1.29, 1.82) is 5.26 Å². The highest BCUT2D eigenvalue weighted by atomic mass is 35.5. The van der Waals surface area contributed by atoms with Crippen LogP contribution in [0, 0.1) is 11.3 Å². The fraction of sp³-hybridized carbons (Fsp3) is 0.231. The van der Waals surface area contributed by atoms with Crippen LogP contribution in [0.25, 0.3) is 0 Å². The molecule has 0 amide bonds. The Balaban J connectivity index is 1.58.